The van der Waals surface area contributed by atoms with Crippen molar-refractivity contribution in [2.45, 2.75) is 13.0 Å². The number of carbonyl (C=O) groups is 1. The standard InChI is InChI=1S/C25H22FN3O4/c1-27-21-8-9-28(25(31)32)14-20(21)19-6-4-17(13-22(19)27)29-10-7-15(11-24(29)30)18-5-3-16(26)12-23(18)33-2/h3-7,10-13H,8-9,14H2,1-2H3,(H,31,32). The second kappa shape index (κ2) is 7.81. The minimum Gasteiger partial charge on any atom is -0.496 e. The van der Waals surface area contributed by atoms with Gasteiger partial charge in [0.05, 0.1) is 24.9 Å². The number of hydrogen-bond acceptors (Lipinski definition) is 3. The van der Waals surface area contributed by atoms with Gasteiger partial charge in [0.15, 0.2) is 0 Å². The Morgan fingerprint density at radius 2 is 1.94 bits per heavy atom. The van der Waals surface area contributed by atoms with Crippen molar-refractivity contribution >= 4 is 17.0 Å². The van der Waals surface area contributed by atoms with Gasteiger partial charge in [0.25, 0.3) is 5.56 Å². The summed E-state index contributed by atoms with van der Waals surface area (Å²) in [5, 5.41) is 10.4. The number of halogens is 1. The maximum absolute atomic E-state index is 13.5. The molecule has 0 spiro atoms. The predicted molar refractivity (Wildman–Crippen MR) is 123 cm³/mol. The zero-order valence-corrected chi connectivity index (χ0v) is 18.2. The second-order valence-electron chi connectivity index (χ2n) is 8.11. The molecule has 1 aliphatic heterocycles. The smallest absolute Gasteiger partial charge is 0.407 e. The molecule has 0 aliphatic carbocycles. The Morgan fingerprint density at radius 1 is 1.12 bits per heavy atom. The Bertz CT molecular complexity index is 1470. The van der Waals surface area contributed by atoms with Crippen LogP contribution in [0.2, 0.25) is 0 Å². The number of pyridine rings is 1. The van der Waals surface area contributed by atoms with E-state index >= 15 is 0 Å². The number of benzene rings is 2. The molecule has 0 fully saturated rings. The third-order valence-corrected chi connectivity index (χ3v) is 6.33. The monoisotopic (exact) mass is 447 g/mol. The fraction of sp³-hybridized carbons (Fsp3) is 0.200. The summed E-state index contributed by atoms with van der Waals surface area (Å²) < 4.78 is 22.4. The highest BCUT2D eigenvalue weighted by atomic mass is 19.1. The molecule has 2 aromatic carbocycles. The molecule has 1 amide bonds. The van der Waals surface area contributed by atoms with Crippen LogP contribution in [0.25, 0.3) is 27.7 Å². The Morgan fingerprint density at radius 3 is 2.67 bits per heavy atom. The zero-order chi connectivity index (χ0) is 23.3. The average molecular weight is 447 g/mol. The number of aromatic nitrogens is 2. The van der Waals surface area contributed by atoms with E-state index in [1.807, 2.05) is 25.2 Å². The van der Waals surface area contributed by atoms with E-state index in [1.165, 1.54) is 30.2 Å². The molecule has 4 aromatic rings. The van der Waals surface area contributed by atoms with Crippen molar-refractivity contribution in [1.82, 2.24) is 14.0 Å². The summed E-state index contributed by atoms with van der Waals surface area (Å²) >= 11 is 0. The van der Waals surface area contributed by atoms with E-state index in [4.69, 9.17) is 4.74 Å². The second-order valence-corrected chi connectivity index (χ2v) is 8.11. The Balaban J connectivity index is 1.56. The SMILES string of the molecule is COc1cc(F)ccc1-c1ccn(-c2ccc3c4c(n(C)c3c2)CCN(C(=O)O)C4)c(=O)c1. The molecule has 7 nitrogen and oxygen atoms in total. The van der Waals surface area contributed by atoms with E-state index in [0.717, 1.165) is 22.2 Å². The largest absolute Gasteiger partial charge is 0.496 e. The van der Waals surface area contributed by atoms with Gasteiger partial charge < -0.3 is 19.3 Å². The summed E-state index contributed by atoms with van der Waals surface area (Å²) in [4.78, 5) is 25.8. The number of ether oxygens (including phenoxy) is 1. The predicted octanol–water partition coefficient (Wildman–Crippen LogP) is 4.18. The highest BCUT2D eigenvalue weighted by Gasteiger charge is 2.25. The number of methoxy groups -OCH3 is 1. The molecule has 8 heteroatoms. The fourth-order valence-electron chi connectivity index (χ4n) is 4.64. The molecule has 168 valence electrons. The summed E-state index contributed by atoms with van der Waals surface area (Å²) in [6, 6.07) is 13.3. The number of nitrogens with zero attached hydrogens (tertiary/aromatic N) is 3. The topological polar surface area (TPSA) is 76.7 Å². The summed E-state index contributed by atoms with van der Waals surface area (Å²) in [5.74, 6) is -0.0487. The summed E-state index contributed by atoms with van der Waals surface area (Å²) in [6.45, 7) is 0.822. The van der Waals surface area contributed by atoms with Gasteiger partial charge in [-0.15, -0.1) is 0 Å². The fourth-order valence-corrected chi connectivity index (χ4v) is 4.64. The third kappa shape index (κ3) is 3.44. The number of rotatable bonds is 3. The minimum absolute atomic E-state index is 0.228. The number of fused-ring (bicyclic) bond motifs is 3. The number of carboxylic acid groups (broad SMARTS) is 1. The van der Waals surface area contributed by atoms with Gasteiger partial charge in [-0.25, -0.2) is 9.18 Å². The first kappa shape index (κ1) is 20.8. The van der Waals surface area contributed by atoms with Crippen LogP contribution in [-0.4, -0.2) is 38.9 Å². The maximum Gasteiger partial charge on any atom is 0.407 e. The lowest BCUT2D eigenvalue weighted by molar-refractivity contribution is 0.139. The van der Waals surface area contributed by atoms with E-state index in [1.54, 1.807) is 22.9 Å². The van der Waals surface area contributed by atoms with Crippen molar-refractivity contribution in [3.63, 3.8) is 0 Å². The molecule has 3 heterocycles. The zero-order valence-electron chi connectivity index (χ0n) is 18.2. The maximum atomic E-state index is 13.5. The lowest BCUT2D eigenvalue weighted by atomic mass is 10.0. The molecule has 5 rings (SSSR count). The first-order valence-corrected chi connectivity index (χ1v) is 10.5. The Hall–Kier alpha value is -4.07. The number of hydrogen-bond donors (Lipinski definition) is 1. The lowest BCUT2D eigenvalue weighted by Gasteiger charge is -2.25. The molecule has 33 heavy (non-hydrogen) atoms. The molecule has 0 atom stereocenters. The van der Waals surface area contributed by atoms with E-state index in [-0.39, 0.29) is 5.56 Å². The van der Waals surface area contributed by atoms with Crippen LogP contribution >= 0.6 is 0 Å². The van der Waals surface area contributed by atoms with Crippen LogP contribution in [-0.2, 0) is 20.0 Å². The van der Waals surface area contributed by atoms with Crippen LogP contribution in [0.3, 0.4) is 0 Å². The van der Waals surface area contributed by atoms with Crippen molar-refractivity contribution in [1.29, 1.82) is 0 Å². The highest BCUT2D eigenvalue weighted by molar-refractivity contribution is 5.88. The van der Waals surface area contributed by atoms with Crippen LogP contribution in [0.15, 0.2) is 59.5 Å². The van der Waals surface area contributed by atoms with Gasteiger partial charge in [-0.2, -0.15) is 0 Å². The van der Waals surface area contributed by atoms with Gasteiger partial charge in [-0.05, 0) is 35.9 Å². The van der Waals surface area contributed by atoms with Crippen molar-refractivity contribution in [2.24, 2.45) is 7.05 Å². The van der Waals surface area contributed by atoms with Gasteiger partial charge in [0, 0.05) is 60.5 Å². The number of aryl methyl sites for hydroxylation is 1. The van der Waals surface area contributed by atoms with Gasteiger partial charge in [0.1, 0.15) is 11.6 Å². The first-order valence-electron chi connectivity index (χ1n) is 10.5. The summed E-state index contributed by atoms with van der Waals surface area (Å²) in [5.41, 5.74) is 4.83. The van der Waals surface area contributed by atoms with E-state index < -0.39 is 11.9 Å². The van der Waals surface area contributed by atoms with Gasteiger partial charge in [0.2, 0.25) is 0 Å². The minimum atomic E-state index is -0.918. The molecule has 2 aromatic heterocycles. The molecule has 0 saturated heterocycles. The average Bonchev–Trinajstić information content (AvgIpc) is 3.09. The molecular formula is C25H22FN3O4. The quantitative estimate of drug-likeness (QED) is 0.511. The van der Waals surface area contributed by atoms with Crippen LogP contribution in [0.1, 0.15) is 11.3 Å². The van der Waals surface area contributed by atoms with Crippen LogP contribution < -0.4 is 10.3 Å². The first-order chi connectivity index (χ1) is 15.9. The van der Waals surface area contributed by atoms with E-state index in [0.29, 0.717) is 42.1 Å². The van der Waals surface area contributed by atoms with Gasteiger partial charge in [-0.3, -0.25) is 9.36 Å². The molecule has 1 aliphatic rings. The van der Waals surface area contributed by atoms with Gasteiger partial charge >= 0.3 is 6.09 Å². The number of amides is 1. The van der Waals surface area contributed by atoms with Crippen LogP contribution in [0.5, 0.6) is 5.75 Å². The lowest BCUT2D eigenvalue weighted by Crippen LogP contribution is -2.34. The van der Waals surface area contributed by atoms with Crippen LogP contribution in [0.4, 0.5) is 9.18 Å². The molecule has 0 unspecified atom stereocenters. The molecule has 0 radical (unpaired) electrons. The Labute approximate surface area is 188 Å². The van der Waals surface area contributed by atoms with E-state index in [2.05, 4.69) is 4.57 Å². The molecular weight excluding hydrogens is 425 g/mol. The van der Waals surface area contributed by atoms with Crippen LogP contribution in [0, 0.1) is 5.82 Å². The van der Waals surface area contributed by atoms with Crippen molar-refractivity contribution in [3.05, 3.63) is 82.2 Å². The third-order valence-electron chi connectivity index (χ3n) is 6.33. The van der Waals surface area contributed by atoms with Crippen molar-refractivity contribution < 1.29 is 19.0 Å². The van der Waals surface area contributed by atoms with Crippen molar-refractivity contribution in [2.75, 3.05) is 13.7 Å². The molecule has 1 N–H and O–H groups in total. The van der Waals surface area contributed by atoms with E-state index in [9.17, 15) is 19.1 Å². The normalized spacial score (nSPS) is 13.2. The van der Waals surface area contributed by atoms with Crippen molar-refractivity contribution in [3.8, 4) is 22.6 Å². The highest BCUT2D eigenvalue weighted by Crippen LogP contribution is 2.32. The Kier molecular flexibility index (Phi) is 4.92. The molecule has 0 bridgehead atoms. The summed E-state index contributed by atoms with van der Waals surface area (Å²) in [6.07, 6.45) is 1.42. The molecule has 0 saturated carbocycles. The van der Waals surface area contributed by atoms with Gasteiger partial charge in [-0.1, -0.05) is 6.07 Å². The summed E-state index contributed by atoms with van der Waals surface area (Å²) in [7, 11) is 3.43.